The van der Waals surface area contributed by atoms with Crippen molar-refractivity contribution in [3.63, 3.8) is 0 Å². The van der Waals surface area contributed by atoms with Crippen molar-refractivity contribution in [1.29, 1.82) is 0 Å². The Balaban J connectivity index is 1.46. The highest BCUT2D eigenvalue weighted by Gasteiger charge is 2.30. The first-order valence-electron chi connectivity index (χ1n) is 10.4. The lowest BCUT2D eigenvalue weighted by Crippen LogP contribution is -3.15. The summed E-state index contributed by atoms with van der Waals surface area (Å²) in [7, 11) is 0. The number of hydrogen-bond donors (Lipinski definition) is 2. The van der Waals surface area contributed by atoms with Crippen LogP contribution in [0.15, 0.2) is 73.1 Å². The molecule has 31 heavy (non-hydrogen) atoms. The number of rotatable bonds is 6. The molecule has 0 radical (unpaired) electrons. The van der Waals surface area contributed by atoms with Crippen LogP contribution in [0.2, 0.25) is 0 Å². The van der Waals surface area contributed by atoms with E-state index in [-0.39, 0.29) is 17.4 Å². The van der Waals surface area contributed by atoms with Crippen LogP contribution in [0.1, 0.15) is 22.0 Å². The fourth-order valence-electron chi connectivity index (χ4n) is 4.11. The maximum Gasteiger partial charge on any atom is 0.254 e. The van der Waals surface area contributed by atoms with Crippen LogP contribution in [0, 0.1) is 11.6 Å². The molecule has 1 aliphatic heterocycles. The number of nitrogens with zero attached hydrogens (tertiary/aromatic N) is 2. The van der Waals surface area contributed by atoms with E-state index in [1.807, 2.05) is 18.2 Å². The van der Waals surface area contributed by atoms with Crippen molar-refractivity contribution in [2.45, 2.75) is 6.04 Å². The monoisotopic (exact) mass is 423 g/mol. The van der Waals surface area contributed by atoms with Gasteiger partial charge in [-0.25, -0.2) is 8.78 Å². The van der Waals surface area contributed by atoms with Gasteiger partial charge in [0, 0.05) is 18.0 Å². The van der Waals surface area contributed by atoms with Crippen molar-refractivity contribution in [3.8, 4) is 0 Å². The molecule has 1 aromatic heterocycles. The highest BCUT2D eigenvalue weighted by atomic mass is 19.1. The molecule has 7 heteroatoms. The third-order valence-corrected chi connectivity index (χ3v) is 5.76. The van der Waals surface area contributed by atoms with E-state index >= 15 is 0 Å². The van der Waals surface area contributed by atoms with Crippen LogP contribution in [0.25, 0.3) is 0 Å². The van der Waals surface area contributed by atoms with Crippen molar-refractivity contribution in [3.05, 3.63) is 95.8 Å². The number of benzene rings is 2. The largest absolute Gasteiger partial charge is 0.358 e. The third-order valence-electron chi connectivity index (χ3n) is 5.76. The van der Waals surface area contributed by atoms with Gasteiger partial charge in [-0.05, 0) is 36.4 Å². The molecule has 3 aromatic rings. The summed E-state index contributed by atoms with van der Waals surface area (Å²) in [6, 6.07) is 16.6. The normalized spacial score (nSPS) is 15.5. The third kappa shape index (κ3) is 4.88. The van der Waals surface area contributed by atoms with Gasteiger partial charge >= 0.3 is 0 Å². The minimum atomic E-state index is -0.538. The van der Waals surface area contributed by atoms with E-state index in [2.05, 4.69) is 15.2 Å². The Morgan fingerprint density at radius 3 is 2.39 bits per heavy atom. The smallest absolute Gasteiger partial charge is 0.254 e. The fraction of sp³-hybridized carbons (Fsp3) is 0.250. The Kier molecular flexibility index (Phi) is 6.52. The van der Waals surface area contributed by atoms with Crippen molar-refractivity contribution >= 4 is 11.6 Å². The van der Waals surface area contributed by atoms with E-state index in [9.17, 15) is 13.6 Å². The first-order valence-corrected chi connectivity index (χ1v) is 10.4. The molecule has 0 aliphatic carbocycles. The number of nitrogens with one attached hydrogen (secondary N) is 2. The lowest BCUT2D eigenvalue weighted by Gasteiger charge is -2.37. The average molecular weight is 423 g/mol. The van der Waals surface area contributed by atoms with E-state index in [1.54, 1.807) is 36.7 Å². The minimum Gasteiger partial charge on any atom is -0.358 e. The van der Waals surface area contributed by atoms with Gasteiger partial charge < -0.3 is 15.1 Å². The fourth-order valence-corrected chi connectivity index (χ4v) is 4.11. The maximum absolute atomic E-state index is 14.2. The highest BCUT2D eigenvalue weighted by molar-refractivity contribution is 5.94. The molecule has 2 heterocycles. The molecule has 4 rings (SSSR count). The number of para-hydroxylation sites is 1. The SMILES string of the molecule is O=C(NCC(c1cccnc1)[NH+]1CCN(c2ccccc2F)CC1)c1ccccc1F. The van der Waals surface area contributed by atoms with Gasteiger partial charge in [-0.15, -0.1) is 0 Å². The average Bonchev–Trinajstić information content (AvgIpc) is 2.81. The molecular weight excluding hydrogens is 398 g/mol. The predicted octanol–water partition coefficient (Wildman–Crippen LogP) is 2.24. The first kappa shape index (κ1) is 20.9. The molecule has 1 saturated heterocycles. The van der Waals surface area contributed by atoms with Gasteiger partial charge in [-0.1, -0.05) is 24.3 Å². The van der Waals surface area contributed by atoms with Crippen LogP contribution < -0.4 is 15.1 Å². The van der Waals surface area contributed by atoms with E-state index in [0.29, 0.717) is 25.3 Å². The predicted molar refractivity (Wildman–Crippen MR) is 115 cm³/mol. The molecule has 1 fully saturated rings. The molecule has 1 amide bonds. The van der Waals surface area contributed by atoms with Crippen molar-refractivity contribution < 1.29 is 18.5 Å². The summed E-state index contributed by atoms with van der Waals surface area (Å²) in [6.07, 6.45) is 3.51. The van der Waals surface area contributed by atoms with Gasteiger partial charge in [0.15, 0.2) is 0 Å². The number of pyridine rings is 1. The van der Waals surface area contributed by atoms with Crippen LogP contribution in [-0.4, -0.2) is 43.6 Å². The quantitative estimate of drug-likeness (QED) is 0.640. The molecule has 1 atom stereocenters. The van der Waals surface area contributed by atoms with Gasteiger partial charge in [0.05, 0.1) is 44.0 Å². The zero-order valence-corrected chi connectivity index (χ0v) is 17.1. The van der Waals surface area contributed by atoms with Crippen LogP contribution in [-0.2, 0) is 0 Å². The number of carbonyl (C=O) groups excluding carboxylic acids is 1. The van der Waals surface area contributed by atoms with Gasteiger partial charge in [-0.2, -0.15) is 0 Å². The number of halogens is 2. The second kappa shape index (κ2) is 9.66. The van der Waals surface area contributed by atoms with Crippen molar-refractivity contribution in [2.75, 3.05) is 37.6 Å². The summed E-state index contributed by atoms with van der Waals surface area (Å²) >= 11 is 0. The maximum atomic E-state index is 14.2. The first-order chi connectivity index (χ1) is 15.1. The zero-order valence-electron chi connectivity index (χ0n) is 17.1. The minimum absolute atomic E-state index is 0.0341. The molecule has 2 aromatic carbocycles. The van der Waals surface area contributed by atoms with Crippen LogP contribution in [0.4, 0.5) is 14.5 Å². The van der Waals surface area contributed by atoms with Crippen LogP contribution in [0.3, 0.4) is 0 Å². The zero-order chi connectivity index (χ0) is 21.6. The van der Waals surface area contributed by atoms with Gasteiger partial charge in [-0.3, -0.25) is 9.78 Å². The number of hydrogen-bond acceptors (Lipinski definition) is 3. The molecule has 2 N–H and O–H groups in total. The molecule has 1 unspecified atom stereocenters. The Hall–Kier alpha value is -3.32. The topological polar surface area (TPSA) is 49.7 Å². The molecule has 1 aliphatic rings. The number of amides is 1. The number of aromatic nitrogens is 1. The van der Waals surface area contributed by atoms with Crippen LogP contribution in [0.5, 0.6) is 0 Å². The molecule has 0 saturated carbocycles. The van der Waals surface area contributed by atoms with Gasteiger partial charge in [0.25, 0.3) is 5.91 Å². The standard InChI is InChI=1S/C24H24F2N4O/c25-20-8-2-1-7-19(20)24(31)28-17-23(18-6-5-11-27-16-18)30-14-12-29(13-15-30)22-10-4-3-9-21(22)26/h1-11,16,23H,12-15,17H2,(H,28,31)/p+1. The summed E-state index contributed by atoms with van der Waals surface area (Å²) in [4.78, 5) is 20.1. The molecule has 0 bridgehead atoms. The van der Waals surface area contributed by atoms with Crippen LogP contribution >= 0.6 is 0 Å². The van der Waals surface area contributed by atoms with Crippen molar-refractivity contribution in [1.82, 2.24) is 10.3 Å². The second-order valence-electron chi connectivity index (χ2n) is 7.63. The van der Waals surface area contributed by atoms with Crippen molar-refractivity contribution in [2.24, 2.45) is 0 Å². The molecule has 160 valence electrons. The lowest BCUT2D eigenvalue weighted by molar-refractivity contribution is -0.931. The number of piperazine rings is 1. The Morgan fingerprint density at radius 1 is 1.00 bits per heavy atom. The molecule has 0 spiro atoms. The van der Waals surface area contributed by atoms with Gasteiger partial charge in [0.1, 0.15) is 17.7 Å². The van der Waals surface area contributed by atoms with E-state index in [4.69, 9.17) is 0 Å². The molecule has 5 nitrogen and oxygen atoms in total. The Bertz CT molecular complexity index is 1020. The number of quaternary nitrogens is 1. The summed E-state index contributed by atoms with van der Waals surface area (Å²) in [5.74, 6) is -1.19. The summed E-state index contributed by atoms with van der Waals surface area (Å²) in [5.41, 5.74) is 1.66. The Morgan fingerprint density at radius 2 is 1.71 bits per heavy atom. The summed E-state index contributed by atoms with van der Waals surface area (Å²) in [6.45, 7) is 3.32. The number of carbonyl (C=O) groups is 1. The Labute approximate surface area is 180 Å². The van der Waals surface area contributed by atoms with E-state index in [1.165, 1.54) is 23.1 Å². The van der Waals surface area contributed by atoms with Gasteiger partial charge in [0.2, 0.25) is 0 Å². The summed E-state index contributed by atoms with van der Waals surface area (Å²) in [5, 5.41) is 2.89. The van der Waals surface area contributed by atoms with E-state index in [0.717, 1.165) is 18.7 Å². The number of anilines is 1. The lowest BCUT2D eigenvalue weighted by atomic mass is 10.1. The highest BCUT2D eigenvalue weighted by Crippen LogP contribution is 2.19. The molecular formula is C24H25F2N4O+. The second-order valence-corrected chi connectivity index (χ2v) is 7.63. The summed E-state index contributed by atoms with van der Waals surface area (Å²) < 4.78 is 28.1. The van der Waals surface area contributed by atoms with E-state index < -0.39 is 11.7 Å².